The number of ether oxygens (including phenoxy) is 3. The topological polar surface area (TPSA) is 43.0 Å². The summed E-state index contributed by atoms with van der Waals surface area (Å²) in [5, 5.41) is 3.64. The minimum atomic E-state index is 0.552. The molecule has 2 fully saturated rings. The van der Waals surface area contributed by atoms with Crippen LogP contribution in [-0.2, 0) is 11.3 Å². The van der Waals surface area contributed by atoms with E-state index in [1.807, 2.05) is 24.3 Å². The van der Waals surface area contributed by atoms with Crippen LogP contribution in [0.3, 0.4) is 0 Å². The quantitative estimate of drug-likeness (QED) is 0.275. The number of morpholine rings is 1. The van der Waals surface area contributed by atoms with Gasteiger partial charge in [-0.05, 0) is 48.6 Å². The zero-order valence-electron chi connectivity index (χ0n) is 21.9. The van der Waals surface area contributed by atoms with Crippen LogP contribution in [0.1, 0.15) is 50.5 Å². The Hall–Kier alpha value is -3.18. The molecule has 1 saturated heterocycles. The van der Waals surface area contributed by atoms with Crippen molar-refractivity contribution in [2.24, 2.45) is 5.92 Å². The van der Waals surface area contributed by atoms with Gasteiger partial charge in [-0.25, -0.2) is 0 Å². The van der Waals surface area contributed by atoms with E-state index in [9.17, 15) is 0 Å². The minimum Gasteiger partial charge on any atom is -0.494 e. The van der Waals surface area contributed by atoms with Crippen molar-refractivity contribution in [3.63, 3.8) is 0 Å². The second-order valence-electron chi connectivity index (χ2n) is 10.2. The molecule has 3 aromatic carbocycles. The molecule has 0 unspecified atom stereocenters. The van der Waals surface area contributed by atoms with Crippen LogP contribution in [-0.4, -0.2) is 32.9 Å². The zero-order valence-corrected chi connectivity index (χ0v) is 21.9. The molecule has 1 N–H and O–H groups in total. The summed E-state index contributed by atoms with van der Waals surface area (Å²) in [4.78, 5) is 2.37. The maximum atomic E-state index is 6.14. The first kappa shape index (κ1) is 25.5. The number of hydrogen-bond donors (Lipinski definition) is 1. The highest BCUT2D eigenvalue weighted by atomic mass is 16.5. The van der Waals surface area contributed by atoms with Gasteiger partial charge in [0.2, 0.25) is 0 Å². The molecular formula is C32H40N2O3. The van der Waals surface area contributed by atoms with Crippen molar-refractivity contribution in [2.45, 2.75) is 51.6 Å². The van der Waals surface area contributed by atoms with E-state index in [2.05, 4.69) is 58.7 Å². The monoisotopic (exact) mass is 500 g/mol. The van der Waals surface area contributed by atoms with E-state index in [1.54, 1.807) is 0 Å². The fraction of sp³-hybridized carbons (Fsp3) is 0.438. The summed E-state index contributed by atoms with van der Waals surface area (Å²) in [6.07, 6.45) is 9.47. The third kappa shape index (κ3) is 7.65. The predicted octanol–water partition coefficient (Wildman–Crippen LogP) is 7.59. The molecule has 2 aliphatic rings. The van der Waals surface area contributed by atoms with E-state index < -0.39 is 0 Å². The van der Waals surface area contributed by atoms with E-state index in [0.717, 1.165) is 79.4 Å². The molecular weight excluding hydrogens is 460 g/mol. The number of hydrogen-bond acceptors (Lipinski definition) is 5. The van der Waals surface area contributed by atoms with Gasteiger partial charge in [0.25, 0.3) is 0 Å². The molecule has 196 valence electrons. The lowest BCUT2D eigenvalue weighted by atomic mass is 9.86. The lowest BCUT2D eigenvalue weighted by molar-refractivity contribution is 0.122. The Morgan fingerprint density at radius 2 is 1.62 bits per heavy atom. The Kier molecular flexibility index (Phi) is 9.22. The van der Waals surface area contributed by atoms with Gasteiger partial charge in [0.05, 0.1) is 31.2 Å². The maximum absolute atomic E-state index is 6.14. The average molecular weight is 501 g/mol. The Bertz CT molecular complexity index is 1090. The van der Waals surface area contributed by atoms with Gasteiger partial charge in [0.1, 0.15) is 18.1 Å². The van der Waals surface area contributed by atoms with E-state index in [-0.39, 0.29) is 0 Å². The van der Waals surface area contributed by atoms with Crippen molar-refractivity contribution in [1.29, 1.82) is 0 Å². The van der Waals surface area contributed by atoms with Gasteiger partial charge in [-0.1, -0.05) is 68.5 Å². The third-order valence-corrected chi connectivity index (χ3v) is 7.43. The van der Waals surface area contributed by atoms with E-state index >= 15 is 0 Å². The van der Waals surface area contributed by atoms with Crippen LogP contribution in [0, 0.1) is 5.92 Å². The highest BCUT2D eigenvalue weighted by Crippen LogP contribution is 2.34. The lowest BCUT2D eigenvalue weighted by Gasteiger charge is -2.31. The summed E-state index contributed by atoms with van der Waals surface area (Å²) in [6.45, 7) is 4.53. The number of nitrogens with zero attached hydrogens (tertiary/aromatic N) is 1. The smallest absolute Gasteiger partial charge is 0.122 e. The number of nitrogens with one attached hydrogen (secondary N) is 1. The van der Waals surface area contributed by atoms with Crippen molar-refractivity contribution >= 4 is 17.1 Å². The second kappa shape index (κ2) is 13.4. The molecule has 0 aromatic heterocycles. The van der Waals surface area contributed by atoms with E-state index in [4.69, 9.17) is 14.2 Å². The number of rotatable bonds is 11. The first-order valence-electron chi connectivity index (χ1n) is 14.0. The largest absolute Gasteiger partial charge is 0.494 e. The molecule has 5 nitrogen and oxygen atoms in total. The fourth-order valence-electron chi connectivity index (χ4n) is 5.37. The molecule has 0 spiro atoms. The average Bonchev–Trinajstić information content (AvgIpc) is 2.97. The predicted molar refractivity (Wildman–Crippen MR) is 151 cm³/mol. The summed E-state index contributed by atoms with van der Waals surface area (Å²) in [7, 11) is 0. The standard InChI is InChI=1S/C32H40N2O3/c1-3-9-26(10-4-1)13-8-20-36-29-15-7-14-28(23-29)33-31-17-16-30(37-25-27-11-5-2-6-12-27)24-32(31)34-18-21-35-22-19-34/h2,5-7,11-12,14-17,23-24,26,33H,1,3-4,8-10,13,18-22,25H2. The van der Waals surface area contributed by atoms with Gasteiger partial charge in [0, 0.05) is 30.9 Å². The molecule has 3 aromatic rings. The molecule has 1 heterocycles. The van der Waals surface area contributed by atoms with Crippen molar-refractivity contribution in [1.82, 2.24) is 0 Å². The SMILES string of the molecule is c1ccc(COc2ccc(Nc3cccc(OCCCC4CCCCC4)c3)c(N3CCOCC3)c2)cc1. The van der Waals surface area contributed by atoms with Crippen molar-refractivity contribution in [3.05, 3.63) is 78.4 Å². The molecule has 1 aliphatic heterocycles. The zero-order chi connectivity index (χ0) is 25.1. The van der Waals surface area contributed by atoms with Gasteiger partial charge in [-0.15, -0.1) is 0 Å². The third-order valence-electron chi connectivity index (χ3n) is 7.43. The summed E-state index contributed by atoms with van der Waals surface area (Å²) in [5.74, 6) is 2.69. The van der Waals surface area contributed by atoms with Crippen LogP contribution in [0.5, 0.6) is 11.5 Å². The molecule has 0 bridgehead atoms. The van der Waals surface area contributed by atoms with Crippen LogP contribution < -0.4 is 19.7 Å². The molecule has 0 atom stereocenters. The van der Waals surface area contributed by atoms with Crippen LogP contribution >= 0.6 is 0 Å². The van der Waals surface area contributed by atoms with Crippen LogP contribution in [0.2, 0.25) is 0 Å². The first-order valence-corrected chi connectivity index (χ1v) is 14.0. The number of benzene rings is 3. The molecule has 5 heteroatoms. The van der Waals surface area contributed by atoms with Crippen LogP contribution in [0.15, 0.2) is 72.8 Å². The maximum Gasteiger partial charge on any atom is 0.122 e. The lowest BCUT2D eigenvalue weighted by Crippen LogP contribution is -2.36. The molecule has 0 radical (unpaired) electrons. The number of anilines is 3. The molecule has 0 amide bonds. The Labute approximate surface area is 221 Å². The van der Waals surface area contributed by atoms with Crippen LogP contribution in [0.25, 0.3) is 0 Å². The van der Waals surface area contributed by atoms with Crippen molar-refractivity contribution in [2.75, 3.05) is 43.1 Å². The summed E-state index contributed by atoms with van der Waals surface area (Å²) >= 11 is 0. The first-order chi connectivity index (χ1) is 18.3. The summed E-state index contributed by atoms with van der Waals surface area (Å²) < 4.78 is 17.9. The van der Waals surface area contributed by atoms with E-state index in [0.29, 0.717) is 6.61 Å². The Morgan fingerprint density at radius 1 is 0.811 bits per heavy atom. The summed E-state index contributed by atoms with van der Waals surface area (Å²) in [6, 6.07) is 24.9. The molecule has 1 saturated carbocycles. The highest BCUT2D eigenvalue weighted by Gasteiger charge is 2.17. The normalized spacial score (nSPS) is 16.4. The van der Waals surface area contributed by atoms with Gasteiger partial charge in [0.15, 0.2) is 0 Å². The van der Waals surface area contributed by atoms with Gasteiger partial charge in [-0.3, -0.25) is 0 Å². The van der Waals surface area contributed by atoms with Gasteiger partial charge in [-0.2, -0.15) is 0 Å². The Balaban J connectivity index is 1.22. The van der Waals surface area contributed by atoms with Gasteiger partial charge < -0.3 is 24.4 Å². The molecule has 37 heavy (non-hydrogen) atoms. The fourth-order valence-corrected chi connectivity index (χ4v) is 5.37. The van der Waals surface area contributed by atoms with Crippen molar-refractivity contribution in [3.8, 4) is 11.5 Å². The van der Waals surface area contributed by atoms with E-state index in [1.165, 1.54) is 38.5 Å². The minimum absolute atomic E-state index is 0.552. The van der Waals surface area contributed by atoms with Crippen molar-refractivity contribution < 1.29 is 14.2 Å². The van der Waals surface area contributed by atoms with Gasteiger partial charge >= 0.3 is 0 Å². The highest BCUT2D eigenvalue weighted by molar-refractivity contribution is 5.77. The molecule has 1 aliphatic carbocycles. The Morgan fingerprint density at radius 3 is 2.46 bits per heavy atom. The van der Waals surface area contributed by atoms with Crippen LogP contribution in [0.4, 0.5) is 17.1 Å². The molecule has 5 rings (SSSR count). The summed E-state index contributed by atoms with van der Waals surface area (Å²) in [5.41, 5.74) is 4.38. The second-order valence-corrected chi connectivity index (χ2v) is 10.2.